The summed E-state index contributed by atoms with van der Waals surface area (Å²) in [5.74, 6) is 0. The van der Waals surface area contributed by atoms with Crippen molar-refractivity contribution in [1.29, 1.82) is 0 Å². The minimum atomic E-state index is -0.435. The molecule has 118 valence electrons. The van der Waals surface area contributed by atoms with Gasteiger partial charge in [0.2, 0.25) is 0 Å². The Bertz CT molecular complexity index is 471. The summed E-state index contributed by atoms with van der Waals surface area (Å²) in [6, 6.07) is 7.54. The van der Waals surface area contributed by atoms with Crippen LogP contribution in [-0.2, 0) is 4.84 Å². The number of aliphatic hydroxyl groups excluding tert-OH is 1. The molecule has 1 aromatic rings. The first-order valence-electron chi connectivity index (χ1n) is 7.60. The molecular formula is C17H26ClNO2. The lowest BCUT2D eigenvalue weighted by Crippen LogP contribution is -2.58. The van der Waals surface area contributed by atoms with Gasteiger partial charge in [-0.05, 0) is 53.0 Å². The Morgan fingerprint density at radius 2 is 1.76 bits per heavy atom. The van der Waals surface area contributed by atoms with E-state index in [-0.39, 0.29) is 17.7 Å². The first kappa shape index (κ1) is 16.8. The minimum Gasteiger partial charge on any atom is -0.393 e. The normalized spacial score (nSPS) is 23.0. The van der Waals surface area contributed by atoms with Crippen molar-refractivity contribution < 1.29 is 9.94 Å². The standard InChI is InChI=1S/C17H26ClNO2/c1-16(2)10-7-11-17(3,4)19(16)21-15(12-20)13-8-5-6-9-14(13)18/h5-6,8-9,15,20H,7,10-12H2,1-4H3/t15-/m1/s1. The second kappa shape index (κ2) is 6.25. The molecule has 0 amide bonds. The highest BCUT2D eigenvalue weighted by Crippen LogP contribution is 2.41. The summed E-state index contributed by atoms with van der Waals surface area (Å²) >= 11 is 6.25. The molecule has 0 aliphatic carbocycles. The van der Waals surface area contributed by atoms with E-state index in [1.165, 1.54) is 6.42 Å². The Hall–Kier alpha value is -0.610. The van der Waals surface area contributed by atoms with Crippen LogP contribution in [0.3, 0.4) is 0 Å². The summed E-state index contributed by atoms with van der Waals surface area (Å²) in [6.07, 6.45) is 2.92. The van der Waals surface area contributed by atoms with Gasteiger partial charge in [-0.15, -0.1) is 0 Å². The quantitative estimate of drug-likeness (QED) is 0.897. The van der Waals surface area contributed by atoms with Crippen molar-refractivity contribution in [2.24, 2.45) is 0 Å². The number of hydrogen-bond donors (Lipinski definition) is 1. The predicted molar refractivity (Wildman–Crippen MR) is 86.2 cm³/mol. The third-order valence-corrected chi connectivity index (χ3v) is 4.67. The van der Waals surface area contributed by atoms with Crippen molar-refractivity contribution >= 4 is 11.6 Å². The number of nitrogens with zero attached hydrogens (tertiary/aromatic N) is 1. The SMILES string of the molecule is CC1(C)CCCC(C)(C)N1O[C@H](CO)c1ccccc1Cl. The third-order valence-electron chi connectivity index (χ3n) is 4.33. The van der Waals surface area contributed by atoms with Crippen LogP contribution in [0.5, 0.6) is 0 Å². The van der Waals surface area contributed by atoms with Gasteiger partial charge in [0.05, 0.1) is 6.61 Å². The smallest absolute Gasteiger partial charge is 0.129 e. The molecular weight excluding hydrogens is 286 g/mol. The highest BCUT2D eigenvalue weighted by Gasteiger charge is 2.43. The zero-order valence-corrected chi connectivity index (χ0v) is 14.2. The summed E-state index contributed by atoms with van der Waals surface area (Å²) in [5, 5.41) is 12.5. The number of rotatable bonds is 4. The molecule has 1 N–H and O–H groups in total. The Kier molecular flexibility index (Phi) is 4.99. The summed E-state index contributed by atoms with van der Waals surface area (Å²) in [5.41, 5.74) is 0.714. The third kappa shape index (κ3) is 3.59. The van der Waals surface area contributed by atoms with Crippen LogP contribution in [0.25, 0.3) is 0 Å². The number of hydroxylamine groups is 2. The minimum absolute atomic E-state index is 0.0591. The molecule has 0 spiro atoms. The first-order chi connectivity index (χ1) is 9.78. The van der Waals surface area contributed by atoms with E-state index in [0.717, 1.165) is 18.4 Å². The molecule has 21 heavy (non-hydrogen) atoms. The van der Waals surface area contributed by atoms with Crippen LogP contribution in [-0.4, -0.2) is 27.9 Å². The molecule has 3 nitrogen and oxygen atoms in total. The van der Waals surface area contributed by atoms with Gasteiger partial charge in [0.15, 0.2) is 0 Å². The second-order valence-corrected chi connectivity index (χ2v) is 7.48. The lowest BCUT2D eigenvalue weighted by molar-refractivity contribution is -0.311. The van der Waals surface area contributed by atoms with Gasteiger partial charge in [-0.25, -0.2) is 0 Å². The largest absolute Gasteiger partial charge is 0.393 e. The molecule has 1 atom stereocenters. The average Bonchev–Trinajstić information content (AvgIpc) is 2.39. The molecule has 1 aliphatic heterocycles. The Balaban J connectivity index is 2.26. The fourth-order valence-electron chi connectivity index (χ4n) is 3.31. The number of piperidine rings is 1. The summed E-state index contributed by atoms with van der Waals surface area (Å²) in [4.78, 5) is 6.24. The highest BCUT2D eigenvalue weighted by atomic mass is 35.5. The van der Waals surface area contributed by atoms with Gasteiger partial charge in [0.1, 0.15) is 6.10 Å². The van der Waals surface area contributed by atoms with Crippen LogP contribution in [0.4, 0.5) is 0 Å². The van der Waals surface area contributed by atoms with Crippen molar-refractivity contribution in [3.8, 4) is 0 Å². The predicted octanol–water partition coefficient (Wildman–Crippen LogP) is 4.35. The number of aliphatic hydroxyl groups is 1. The maximum Gasteiger partial charge on any atom is 0.129 e. The Morgan fingerprint density at radius 1 is 1.19 bits per heavy atom. The zero-order valence-electron chi connectivity index (χ0n) is 13.4. The van der Waals surface area contributed by atoms with E-state index in [1.54, 1.807) is 0 Å². The topological polar surface area (TPSA) is 32.7 Å². The lowest BCUT2D eigenvalue weighted by atomic mass is 9.82. The summed E-state index contributed by atoms with van der Waals surface area (Å²) in [7, 11) is 0. The van der Waals surface area contributed by atoms with Gasteiger partial charge in [-0.2, -0.15) is 5.06 Å². The average molecular weight is 312 g/mol. The van der Waals surface area contributed by atoms with E-state index < -0.39 is 6.10 Å². The van der Waals surface area contributed by atoms with E-state index in [4.69, 9.17) is 16.4 Å². The van der Waals surface area contributed by atoms with E-state index >= 15 is 0 Å². The van der Waals surface area contributed by atoms with Gasteiger partial charge in [-0.3, -0.25) is 4.84 Å². The number of hydrogen-bond acceptors (Lipinski definition) is 3. The molecule has 1 saturated heterocycles. The number of benzene rings is 1. The van der Waals surface area contributed by atoms with E-state index in [2.05, 4.69) is 32.8 Å². The maximum atomic E-state index is 9.76. The summed E-state index contributed by atoms with van der Waals surface area (Å²) in [6.45, 7) is 8.67. The second-order valence-electron chi connectivity index (χ2n) is 7.07. The molecule has 1 heterocycles. The van der Waals surface area contributed by atoms with Crippen molar-refractivity contribution in [2.45, 2.75) is 64.1 Å². The van der Waals surface area contributed by atoms with Crippen molar-refractivity contribution in [2.75, 3.05) is 6.61 Å². The molecule has 4 heteroatoms. The van der Waals surface area contributed by atoms with Crippen molar-refractivity contribution in [3.63, 3.8) is 0 Å². The lowest BCUT2D eigenvalue weighted by Gasteiger charge is -2.52. The van der Waals surface area contributed by atoms with Crippen LogP contribution in [0.2, 0.25) is 5.02 Å². The van der Waals surface area contributed by atoms with Crippen molar-refractivity contribution in [1.82, 2.24) is 5.06 Å². The van der Waals surface area contributed by atoms with Gasteiger partial charge in [0, 0.05) is 21.7 Å². The van der Waals surface area contributed by atoms with Gasteiger partial charge >= 0.3 is 0 Å². The molecule has 0 aromatic heterocycles. The molecule has 1 fully saturated rings. The Morgan fingerprint density at radius 3 is 2.29 bits per heavy atom. The van der Waals surface area contributed by atoms with Gasteiger partial charge in [0.25, 0.3) is 0 Å². The van der Waals surface area contributed by atoms with Crippen LogP contribution in [0, 0.1) is 0 Å². The molecule has 0 saturated carbocycles. The van der Waals surface area contributed by atoms with E-state index in [9.17, 15) is 5.11 Å². The van der Waals surface area contributed by atoms with Crippen LogP contribution in [0.1, 0.15) is 58.6 Å². The van der Waals surface area contributed by atoms with E-state index in [1.807, 2.05) is 24.3 Å². The molecule has 0 bridgehead atoms. The first-order valence-corrected chi connectivity index (χ1v) is 7.98. The van der Waals surface area contributed by atoms with Crippen LogP contribution >= 0.6 is 11.6 Å². The van der Waals surface area contributed by atoms with Crippen molar-refractivity contribution in [3.05, 3.63) is 34.9 Å². The maximum absolute atomic E-state index is 9.76. The highest BCUT2D eigenvalue weighted by molar-refractivity contribution is 6.31. The molecule has 0 unspecified atom stereocenters. The monoisotopic (exact) mass is 311 g/mol. The zero-order chi connectivity index (χ0) is 15.7. The molecule has 1 aliphatic rings. The fraction of sp³-hybridized carbons (Fsp3) is 0.647. The summed E-state index contributed by atoms with van der Waals surface area (Å²) < 4.78 is 0. The van der Waals surface area contributed by atoms with Crippen LogP contribution in [0.15, 0.2) is 24.3 Å². The molecule has 2 rings (SSSR count). The number of halogens is 1. The molecule has 0 radical (unpaired) electrons. The van der Waals surface area contributed by atoms with Gasteiger partial charge < -0.3 is 5.11 Å². The Labute approximate surface area is 132 Å². The van der Waals surface area contributed by atoms with Crippen LogP contribution < -0.4 is 0 Å². The molecule has 1 aromatic carbocycles. The fourth-order valence-corrected chi connectivity index (χ4v) is 3.57. The van der Waals surface area contributed by atoms with E-state index in [0.29, 0.717) is 5.02 Å². The van der Waals surface area contributed by atoms with Gasteiger partial charge in [-0.1, -0.05) is 29.8 Å².